The number of nitrogens with zero attached hydrogens (tertiary/aromatic N) is 3. The lowest BCUT2D eigenvalue weighted by molar-refractivity contribution is 0.165. The molecule has 152 valence electrons. The standard InChI is InChI=1S/C21H35N3O3/c1-22-8-5-9-23(11-10-22)13-18-14-24(15-19(18)16-25)12-17-6-4-7-20(26-2)21(17)27-3/h4,6-7,18-19,25H,5,8-16H2,1-3H3/t18-,19-/m1/s1. The predicted molar refractivity (Wildman–Crippen MR) is 107 cm³/mol. The zero-order valence-electron chi connectivity index (χ0n) is 17.1. The van der Waals surface area contributed by atoms with Crippen LogP contribution in [-0.4, -0.2) is 93.5 Å². The Balaban J connectivity index is 1.62. The van der Waals surface area contributed by atoms with E-state index in [4.69, 9.17) is 9.47 Å². The first-order chi connectivity index (χ1) is 13.1. The summed E-state index contributed by atoms with van der Waals surface area (Å²) < 4.78 is 11.0. The summed E-state index contributed by atoms with van der Waals surface area (Å²) in [5.74, 6) is 2.47. The number of hydrogen-bond acceptors (Lipinski definition) is 6. The molecule has 0 aliphatic carbocycles. The van der Waals surface area contributed by atoms with Crippen molar-refractivity contribution in [3.63, 3.8) is 0 Å². The average molecular weight is 378 g/mol. The van der Waals surface area contributed by atoms with Gasteiger partial charge in [0.25, 0.3) is 0 Å². The summed E-state index contributed by atoms with van der Waals surface area (Å²) in [5.41, 5.74) is 1.14. The Bertz CT molecular complexity index is 598. The van der Waals surface area contributed by atoms with Crippen LogP contribution in [0.5, 0.6) is 11.5 Å². The molecule has 0 amide bonds. The van der Waals surface area contributed by atoms with Crippen molar-refractivity contribution in [2.75, 3.05) is 73.7 Å². The lowest BCUT2D eigenvalue weighted by Crippen LogP contribution is -2.36. The fraction of sp³-hybridized carbons (Fsp3) is 0.714. The highest BCUT2D eigenvalue weighted by Gasteiger charge is 2.34. The van der Waals surface area contributed by atoms with E-state index in [-0.39, 0.29) is 6.61 Å². The van der Waals surface area contributed by atoms with Crippen LogP contribution in [0.1, 0.15) is 12.0 Å². The van der Waals surface area contributed by atoms with Crippen molar-refractivity contribution >= 4 is 0 Å². The Kier molecular flexibility index (Phi) is 7.35. The third-order valence-electron chi connectivity index (χ3n) is 6.07. The van der Waals surface area contributed by atoms with Crippen molar-refractivity contribution in [2.24, 2.45) is 11.8 Å². The predicted octanol–water partition coefficient (Wildman–Crippen LogP) is 1.38. The molecular formula is C21H35N3O3. The zero-order valence-corrected chi connectivity index (χ0v) is 17.1. The van der Waals surface area contributed by atoms with Crippen LogP contribution in [0, 0.1) is 11.8 Å². The summed E-state index contributed by atoms with van der Waals surface area (Å²) in [6.07, 6.45) is 1.23. The fourth-order valence-electron chi connectivity index (χ4n) is 4.51. The first-order valence-electron chi connectivity index (χ1n) is 10.1. The molecule has 1 aromatic rings. The lowest BCUT2D eigenvalue weighted by atomic mass is 9.96. The van der Waals surface area contributed by atoms with E-state index in [9.17, 15) is 5.11 Å². The van der Waals surface area contributed by atoms with Crippen LogP contribution >= 0.6 is 0 Å². The van der Waals surface area contributed by atoms with Crippen LogP contribution in [0.3, 0.4) is 0 Å². The van der Waals surface area contributed by atoms with Crippen molar-refractivity contribution in [1.82, 2.24) is 14.7 Å². The molecule has 2 aliphatic rings. The highest BCUT2D eigenvalue weighted by molar-refractivity contribution is 5.46. The highest BCUT2D eigenvalue weighted by Crippen LogP contribution is 2.33. The van der Waals surface area contributed by atoms with Crippen LogP contribution < -0.4 is 9.47 Å². The Morgan fingerprint density at radius 2 is 1.81 bits per heavy atom. The number of ether oxygens (including phenoxy) is 2. The molecule has 2 saturated heterocycles. The Morgan fingerprint density at radius 3 is 2.56 bits per heavy atom. The number of methoxy groups -OCH3 is 2. The Morgan fingerprint density at radius 1 is 1.00 bits per heavy atom. The van der Waals surface area contributed by atoms with Gasteiger partial charge in [-0.25, -0.2) is 0 Å². The largest absolute Gasteiger partial charge is 0.493 e. The SMILES string of the molecule is COc1cccc(CN2C[C@@H](CN3CCCN(C)CC3)[C@@H](CO)C2)c1OC. The first-order valence-corrected chi connectivity index (χ1v) is 10.1. The van der Waals surface area contributed by atoms with E-state index in [0.717, 1.165) is 56.3 Å². The summed E-state index contributed by atoms with van der Waals surface area (Å²) in [6, 6.07) is 6.05. The molecule has 0 unspecified atom stereocenters. The van der Waals surface area contributed by atoms with E-state index < -0.39 is 0 Å². The number of para-hydroxylation sites is 1. The summed E-state index contributed by atoms with van der Waals surface area (Å²) >= 11 is 0. The molecular weight excluding hydrogens is 342 g/mol. The van der Waals surface area contributed by atoms with E-state index in [1.807, 2.05) is 12.1 Å². The maximum absolute atomic E-state index is 9.93. The van der Waals surface area contributed by atoms with Crippen molar-refractivity contribution in [2.45, 2.75) is 13.0 Å². The number of likely N-dealkylation sites (N-methyl/N-ethyl adjacent to an activating group) is 1. The third-order valence-corrected chi connectivity index (χ3v) is 6.07. The van der Waals surface area contributed by atoms with Gasteiger partial charge in [-0.15, -0.1) is 0 Å². The molecule has 0 saturated carbocycles. The molecule has 2 heterocycles. The summed E-state index contributed by atoms with van der Waals surface area (Å²) in [7, 11) is 5.58. The fourth-order valence-corrected chi connectivity index (χ4v) is 4.51. The second-order valence-corrected chi connectivity index (χ2v) is 8.01. The molecule has 0 radical (unpaired) electrons. The van der Waals surface area contributed by atoms with Gasteiger partial charge in [-0.1, -0.05) is 12.1 Å². The van der Waals surface area contributed by atoms with Gasteiger partial charge in [-0.2, -0.15) is 0 Å². The van der Waals surface area contributed by atoms with Gasteiger partial charge in [-0.05, 0) is 44.5 Å². The average Bonchev–Trinajstić information content (AvgIpc) is 2.94. The number of likely N-dealkylation sites (tertiary alicyclic amines) is 1. The molecule has 0 aromatic heterocycles. The third kappa shape index (κ3) is 5.13. The quantitative estimate of drug-likeness (QED) is 0.775. The number of rotatable bonds is 7. The summed E-state index contributed by atoms with van der Waals surface area (Å²) in [4.78, 5) is 7.46. The van der Waals surface area contributed by atoms with E-state index in [1.54, 1.807) is 14.2 Å². The summed E-state index contributed by atoms with van der Waals surface area (Å²) in [5, 5.41) is 9.93. The second kappa shape index (κ2) is 9.73. The molecule has 1 N–H and O–H groups in total. The van der Waals surface area contributed by atoms with Crippen molar-refractivity contribution in [1.29, 1.82) is 0 Å². The van der Waals surface area contributed by atoms with Gasteiger partial charge >= 0.3 is 0 Å². The number of benzene rings is 1. The van der Waals surface area contributed by atoms with Crippen molar-refractivity contribution in [3.05, 3.63) is 23.8 Å². The molecule has 3 rings (SSSR count). The molecule has 0 spiro atoms. The van der Waals surface area contributed by atoms with Gasteiger partial charge in [0.2, 0.25) is 0 Å². The van der Waals surface area contributed by atoms with E-state index >= 15 is 0 Å². The van der Waals surface area contributed by atoms with Crippen LogP contribution in [0.15, 0.2) is 18.2 Å². The van der Waals surface area contributed by atoms with Crippen molar-refractivity contribution in [3.8, 4) is 11.5 Å². The molecule has 2 aliphatic heterocycles. The molecule has 6 heteroatoms. The molecule has 6 nitrogen and oxygen atoms in total. The first kappa shape index (κ1) is 20.4. The molecule has 1 aromatic carbocycles. The van der Waals surface area contributed by atoms with Gasteiger partial charge in [0, 0.05) is 51.4 Å². The van der Waals surface area contributed by atoms with Gasteiger partial charge in [0.1, 0.15) is 0 Å². The number of aliphatic hydroxyl groups excluding tert-OH is 1. The number of aliphatic hydroxyl groups is 1. The minimum Gasteiger partial charge on any atom is -0.493 e. The smallest absolute Gasteiger partial charge is 0.165 e. The van der Waals surface area contributed by atoms with Gasteiger partial charge in [0.05, 0.1) is 14.2 Å². The van der Waals surface area contributed by atoms with Crippen LogP contribution in [0.2, 0.25) is 0 Å². The topological polar surface area (TPSA) is 48.4 Å². The zero-order chi connectivity index (χ0) is 19.2. The lowest BCUT2D eigenvalue weighted by Gasteiger charge is -2.26. The monoisotopic (exact) mass is 377 g/mol. The van der Waals surface area contributed by atoms with Crippen molar-refractivity contribution < 1.29 is 14.6 Å². The van der Waals surface area contributed by atoms with Gasteiger partial charge in [-0.3, -0.25) is 4.90 Å². The second-order valence-electron chi connectivity index (χ2n) is 8.01. The molecule has 0 bridgehead atoms. The highest BCUT2D eigenvalue weighted by atomic mass is 16.5. The summed E-state index contributed by atoms with van der Waals surface area (Å²) in [6.45, 7) is 8.78. The van der Waals surface area contributed by atoms with E-state index in [1.165, 1.54) is 19.5 Å². The maximum atomic E-state index is 9.93. The van der Waals surface area contributed by atoms with Crippen LogP contribution in [-0.2, 0) is 6.54 Å². The minimum atomic E-state index is 0.268. The maximum Gasteiger partial charge on any atom is 0.165 e. The van der Waals surface area contributed by atoms with Gasteiger partial charge < -0.3 is 24.4 Å². The normalized spacial score (nSPS) is 25.5. The van der Waals surface area contributed by atoms with E-state index in [0.29, 0.717) is 11.8 Å². The van der Waals surface area contributed by atoms with E-state index in [2.05, 4.69) is 27.8 Å². The molecule has 27 heavy (non-hydrogen) atoms. The molecule has 2 fully saturated rings. The Hall–Kier alpha value is -1.34. The molecule has 2 atom stereocenters. The van der Waals surface area contributed by atoms with Crippen LogP contribution in [0.25, 0.3) is 0 Å². The van der Waals surface area contributed by atoms with Crippen LogP contribution in [0.4, 0.5) is 0 Å². The minimum absolute atomic E-state index is 0.268. The van der Waals surface area contributed by atoms with Gasteiger partial charge in [0.15, 0.2) is 11.5 Å². The number of hydrogen-bond donors (Lipinski definition) is 1. The Labute approximate surface area is 163 Å².